The number of rotatable bonds is 7. The maximum absolute atomic E-state index is 12.1. The zero-order valence-electron chi connectivity index (χ0n) is 14.3. The molecular formula is C18H24BrN3O2S. The molecule has 2 aliphatic rings. The number of carbonyl (C=O) groups is 2. The van der Waals surface area contributed by atoms with Gasteiger partial charge in [-0.15, -0.1) is 0 Å². The molecule has 0 aliphatic carbocycles. The Hall–Kier alpha value is -1.21. The normalized spacial score (nSPS) is 25.8. The van der Waals surface area contributed by atoms with Gasteiger partial charge in [0.1, 0.15) is 0 Å². The zero-order chi connectivity index (χ0) is 17.8. The standard InChI is InChI=1S/C18H24BrN3O2S/c1-11(12-6-8-13(19)9-7-12)20-16(23)5-3-2-4-15-17-14(10-25-15)21-18(24)22-17/h6-9,11,14-15,17H,2-5,10H2,1H3,(H,20,23)(H2,21,22,24)/t11-,14-,15-,17-/m0/s1. The van der Waals surface area contributed by atoms with Gasteiger partial charge in [-0.2, -0.15) is 11.8 Å². The Morgan fingerprint density at radius 2 is 2.08 bits per heavy atom. The average Bonchev–Trinajstić information content (AvgIpc) is 3.11. The van der Waals surface area contributed by atoms with Crippen LogP contribution < -0.4 is 16.0 Å². The molecule has 3 N–H and O–H groups in total. The highest BCUT2D eigenvalue weighted by molar-refractivity contribution is 9.10. The lowest BCUT2D eigenvalue weighted by Gasteiger charge is -2.17. The summed E-state index contributed by atoms with van der Waals surface area (Å²) >= 11 is 5.34. The fraction of sp³-hybridized carbons (Fsp3) is 0.556. The van der Waals surface area contributed by atoms with Crippen molar-refractivity contribution < 1.29 is 9.59 Å². The van der Waals surface area contributed by atoms with Crippen LogP contribution in [0, 0.1) is 0 Å². The van der Waals surface area contributed by atoms with Crippen molar-refractivity contribution in [2.24, 2.45) is 0 Å². The Balaban J connectivity index is 1.34. The van der Waals surface area contributed by atoms with E-state index >= 15 is 0 Å². The highest BCUT2D eigenvalue weighted by Crippen LogP contribution is 2.33. The summed E-state index contributed by atoms with van der Waals surface area (Å²) in [5.41, 5.74) is 1.11. The van der Waals surface area contributed by atoms with Gasteiger partial charge in [0.2, 0.25) is 5.91 Å². The highest BCUT2D eigenvalue weighted by Gasteiger charge is 2.42. The van der Waals surface area contributed by atoms with E-state index in [4.69, 9.17) is 0 Å². The van der Waals surface area contributed by atoms with Gasteiger partial charge >= 0.3 is 6.03 Å². The summed E-state index contributed by atoms with van der Waals surface area (Å²) in [5.74, 6) is 1.09. The second-order valence-corrected chi connectivity index (χ2v) is 8.90. The molecule has 25 heavy (non-hydrogen) atoms. The average molecular weight is 426 g/mol. The van der Waals surface area contributed by atoms with E-state index in [0.29, 0.717) is 11.7 Å². The van der Waals surface area contributed by atoms with Crippen molar-refractivity contribution in [1.29, 1.82) is 0 Å². The molecule has 0 bridgehead atoms. The van der Waals surface area contributed by atoms with E-state index in [1.54, 1.807) is 0 Å². The maximum Gasteiger partial charge on any atom is 0.315 e. The van der Waals surface area contributed by atoms with E-state index in [1.165, 1.54) is 0 Å². The number of amides is 3. The van der Waals surface area contributed by atoms with Gasteiger partial charge in [0.15, 0.2) is 0 Å². The van der Waals surface area contributed by atoms with E-state index in [1.807, 2.05) is 43.0 Å². The molecule has 3 rings (SSSR count). The smallest absolute Gasteiger partial charge is 0.315 e. The fourth-order valence-corrected chi connectivity index (χ4v) is 5.23. The topological polar surface area (TPSA) is 70.2 Å². The Kier molecular flexibility index (Phi) is 6.28. The molecule has 0 unspecified atom stereocenters. The second-order valence-electron chi connectivity index (χ2n) is 6.71. The number of benzene rings is 1. The Morgan fingerprint density at radius 1 is 1.32 bits per heavy atom. The van der Waals surface area contributed by atoms with Gasteiger partial charge in [0.05, 0.1) is 18.1 Å². The van der Waals surface area contributed by atoms with Gasteiger partial charge in [0, 0.05) is 21.9 Å². The first kappa shape index (κ1) is 18.6. The third kappa shape index (κ3) is 4.91. The number of urea groups is 1. The zero-order valence-corrected chi connectivity index (χ0v) is 16.7. The molecule has 0 spiro atoms. The Labute approximate surface area is 161 Å². The number of halogens is 1. The van der Waals surface area contributed by atoms with Crippen molar-refractivity contribution in [3.05, 3.63) is 34.3 Å². The van der Waals surface area contributed by atoms with Gasteiger partial charge in [-0.3, -0.25) is 4.79 Å². The summed E-state index contributed by atoms with van der Waals surface area (Å²) in [6, 6.07) is 8.52. The minimum atomic E-state index is -0.0402. The molecule has 2 saturated heterocycles. The van der Waals surface area contributed by atoms with Crippen LogP contribution in [0.25, 0.3) is 0 Å². The highest BCUT2D eigenvalue weighted by atomic mass is 79.9. The molecule has 7 heteroatoms. The summed E-state index contributed by atoms with van der Waals surface area (Å²) in [4.78, 5) is 23.5. The minimum Gasteiger partial charge on any atom is -0.350 e. The molecule has 0 radical (unpaired) electrons. The molecular weight excluding hydrogens is 402 g/mol. The van der Waals surface area contributed by atoms with Crippen LogP contribution in [-0.2, 0) is 4.79 Å². The van der Waals surface area contributed by atoms with Gasteiger partial charge in [-0.05, 0) is 37.5 Å². The molecule has 2 fully saturated rings. The van der Waals surface area contributed by atoms with Crippen LogP contribution in [0.2, 0.25) is 0 Å². The van der Waals surface area contributed by atoms with Crippen molar-refractivity contribution in [3.63, 3.8) is 0 Å². The predicted molar refractivity (Wildman–Crippen MR) is 105 cm³/mol. The summed E-state index contributed by atoms with van der Waals surface area (Å²) in [7, 11) is 0. The molecule has 2 heterocycles. The Morgan fingerprint density at radius 3 is 2.84 bits per heavy atom. The first-order chi connectivity index (χ1) is 12.0. The third-order valence-corrected chi connectivity index (χ3v) is 6.87. The van der Waals surface area contributed by atoms with Crippen LogP contribution >= 0.6 is 27.7 Å². The molecule has 4 atom stereocenters. The molecule has 5 nitrogen and oxygen atoms in total. The van der Waals surface area contributed by atoms with Crippen LogP contribution in [-0.4, -0.2) is 35.0 Å². The minimum absolute atomic E-state index is 0.0199. The SMILES string of the molecule is C[C@H](NC(=O)CCCC[C@@H]1SC[C@@H]2NC(=O)N[C@@H]21)c1ccc(Br)cc1. The molecule has 1 aromatic rings. The maximum atomic E-state index is 12.1. The number of unbranched alkanes of at least 4 members (excludes halogenated alkanes) is 1. The first-order valence-corrected chi connectivity index (χ1v) is 10.6. The number of thioether (sulfide) groups is 1. The van der Waals surface area contributed by atoms with E-state index in [9.17, 15) is 9.59 Å². The molecule has 2 aliphatic heterocycles. The summed E-state index contributed by atoms with van der Waals surface area (Å²) in [6.45, 7) is 2.01. The van der Waals surface area contributed by atoms with Crippen LogP contribution in [0.4, 0.5) is 4.79 Å². The van der Waals surface area contributed by atoms with Crippen molar-refractivity contribution in [2.45, 2.75) is 56.0 Å². The van der Waals surface area contributed by atoms with Crippen molar-refractivity contribution >= 4 is 39.6 Å². The van der Waals surface area contributed by atoms with Crippen LogP contribution in [0.3, 0.4) is 0 Å². The van der Waals surface area contributed by atoms with E-state index in [2.05, 4.69) is 31.9 Å². The molecule has 136 valence electrons. The van der Waals surface area contributed by atoms with Crippen molar-refractivity contribution in [3.8, 4) is 0 Å². The lowest BCUT2D eigenvalue weighted by molar-refractivity contribution is -0.121. The number of nitrogens with one attached hydrogen (secondary N) is 3. The summed E-state index contributed by atoms with van der Waals surface area (Å²) < 4.78 is 1.04. The summed E-state index contributed by atoms with van der Waals surface area (Å²) in [5, 5.41) is 9.49. The number of hydrogen-bond acceptors (Lipinski definition) is 3. The van der Waals surface area contributed by atoms with E-state index < -0.39 is 0 Å². The Bertz CT molecular complexity index is 625. The van der Waals surface area contributed by atoms with Crippen molar-refractivity contribution in [1.82, 2.24) is 16.0 Å². The lowest BCUT2D eigenvalue weighted by Crippen LogP contribution is -2.36. The van der Waals surface area contributed by atoms with Gasteiger partial charge in [-0.1, -0.05) is 34.5 Å². The molecule has 0 saturated carbocycles. The number of carbonyl (C=O) groups excluding carboxylic acids is 2. The van der Waals surface area contributed by atoms with Gasteiger partial charge in [0.25, 0.3) is 0 Å². The monoisotopic (exact) mass is 425 g/mol. The van der Waals surface area contributed by atoms with Crippen molar-refractivity contribution in [2.75, 3.05) is 5.75 Å². The quantitative estimate of drug-likeness (QED) is 0.463. The third-order valence-electron chi connectivity index (χ3n) is 4.83. The van der Waals surface area contributed by atoms with E-state index in [-0.39, 0.29) is 30.1 Å². The van der Waals surface area contributed by atoms with Crippen LogP contribution in [0.15, 0.2) is 28.7 Å². The van der Waals surface area contributed by atoms with Crippen LogP contribution in [0.1, 0.15) is 44.2 Å². The predicted octanol–water partition coefficient (Wildman–Crippen LogP) is 3.35. The number of hydrogen-bond donors (Lipinski definition) is 3. The van der Waals surface area contributed by atoms with Crippen LogP contribution in [0.5, 0.6) is 0 Å². The number of fused-ring (bicyclic) bond motifs is 1. The summed E-state index contributed by atoms with van der Waals surface area (Å²) in [6.07, 6.45) is 3.49. The lowest BCUT2D eigenvalue weighted by atomic mass is 10.0. The first-order valence-electron chi connectivity index (χ1n) is 8.76. The molecule has 1 aromatic carbocycles. The van der Waals surface area contributed by atoms with Gasteiger partial charge in [-0.25, -0.2) is 4.79 Å². The molecule has 3 amide bonds. The van der Waals surface area contributed by atoms with E-state index in [0.717, 1.165) is 35.1 Å². The fourth-order valence-electron chi connectivity index (χ4n) is 3.42. The largest absolute Gasteiger partial charge is 0.350 e. The molecule has 0 aromatic heterocycles. The van der Waals surface area contributed by atoms with Gasteiger partial charge < -0.3 is 16.0 Å². The second kappa shape index (κ2) is 8.45.